The molecule has 0 aliphatic rings. The number of anilines is 1. The largest absolute Gasteiger partial charge is 0.496 e. The highest BCUT2D eigenvalue weighted by Gasteiger charge is 2.19. The highest BCUT2D eigenvalue weighted by molar-refractivity contribution is 7.89. The summed E-state index contributed by atoms with van der Waals surface area (Å²) < 4.78 is 31.6. The third-order valence-electron chi connectivity index (χ3n) is 5.14. The maximum atomic E-state index is 12.6. The third kappa shape index (κ3) is 5.00. The predicted molar refractivity (Wildman–Crippen MR) is 127 cm³/mol. The fraction of sp³-hybridized carbons (Fsp3) is 0.130. The zero-order valence-corrected chi connectivity index (χ0v) is 19.2. The van der Waals surface area contributed by atoms with E-state index in [1.54, 1.807) is 42.1 Å². The first-order valence-electron chi connectivity index (χ1n) is 9.94. The van der Waals surface area contributed by atoms with Gasteiger partial charge in [-0.05, 0) is 29.8 Å². The van der Waals surface area contributed by atoms with Gasteiger partial charge in [0, 0.05) is 21.7 Å². The Morgan fingerprint density at radius 3 is 2.52 bits per heavy atom. The minimum absolute atomic E-state index is 0.0306. The van der Waals surface area contributed by atoms with Crippen LogP contribution in [0.1, 0.15) is 11.1 Å². The molecule has 0 bridgehead atoms. The van der Waals surface area contributed by atoms with Gasteiger partial charge in [0.2, 0.25) is 15.9 Å². The number of nitrogens with one attached hydrogen (secondary N) is 1. The molecule has 1 amide bonds. The van der Waals surface area contributed by atoms with Crippen molar-refractivity contribution >= 4 is 44.1 Å². The number of nitrogens with two attached hydrogens (primary N) is 1. The molecule has 0 radical (unpaired) electrons. The second-order valence-corrected chi connectivity index (χ2v) is 9.32. The van der Waals surface area contributed by atoms with E-state index >= 15 is 0 Å². The molecule has 4 rings (SSSR count). The molecule has 3 N–H and O–H groups in total. The molecule has 10 heteroatoms. The fourth-order valence-corrected chi connectivity index (χ4v) is 4.55. The predicted octanol–water partition coefficient (Wildman–Crippen LogP) is 3.58. The number of amides is 1. The van der Waals surface area contributed by atoms with Gasteiger partial charge in [-0.15, -0.1) is 0 Å². The highest BCUT2D eigenvalue weighted by atomic mass is 35.5. The number of primary sulfonamides is 1. The van der Waals surface area contributed by atoms with Crippen LogP contribution in [0.25, 0.3) is 10.9 Å². The molecule has 170 valence electrons. The van der Waals surface area contributed by atoms with Crippen molar-refractivity contribution in [2.45, 2.75) is 17.9 Å². The maximum absolute atomic E-state index is 12.6. The average molecular weight is 485 g/mol. The average Bonchev–Trinajstić information content (AvgIpc) is 3.17. The van der Waals surface area contributed by atoms with Gasteiger partial charge in [-0.3, -0.25) is 9.48 Å². The van der Waals surface area contributed by atoms with Gasteiger partial charge in [0.1, 0.15) is 5.75 Å². The van der Waals surface area contributed by atoms with Crippen molar-refractivity contribution in [2.24, 2.45) is 5.14 Å². The van der Waals surface area contributed by atoms with E-state index in [4.69, 9.17) is 21.5 Å². The molecule has 8 nitrogen and oxygen atoms in total. The highest BCUT2D eigenvalue weighted by Crippen LogP contribution is 2.29. The lowest BCUT2D eigenvalue weighted by Gasteiger charge is -2.12. The Kier molecular flexibility index (Phi) is 6.37. The van der Waals surface area contributed by atoms with Crippen molar-refractivity contribution in [3.63, 3.8) is 0 Å². The Labute approximate surface area is 196 Å². The van der Waals surface area contributed by atoms with Crippen LogP contribution in [-0.2, 0) is 27.8 Å². The summed E-state index contributed by atoms with van der Waals surface area (Å²) in [5, 5.41) is 13.4. The van der Waals surface area contributed by atoms with Gasteiger partial charge >= 0.3 is 0 Å². The summed E-state index contributed by atoms with van der Waals surface area (Å²) in [6.45, 7) is 0.328. The van der Waals surface area contributed by atoms with Gasteiger partial charge in [-0.2, -0.15) is 5.10 Å². The summed E-state index contributed by atoms with van der Waals surface area (Å²) in [7, 11) is -2.50. The Morgan fingerprint density at radius 2 is 1.82 bits per heavy atom. The number of para-hydroxylation sites is 1. The molecule has 0 saturated heterocycles. The summed E-state index contributed by atoms with van der Waals surface area (Å²) in [6.07, 6.45) is 1.47. The number of hydrogen-bond donors (Lipinski definition) is 2. The van der Waals surface area contributed by atoms with Crippen LogP contribution in [0.15, 0.2) is 71.8 Å². The summed E-state index contributed by atoms with van der Waals surface area (Å²) in [4.78, 5) is 12.5. The van der Waals surface area contributed by atoms with E-state index in [-0.39, 0.29) is 22.9 Å². The topological polar surface area (TPSA) is 116 Å². The second-order valence-electron chi connectivity index (χ2n) is 7.38. The van der Waals surface area contributed by atoms with E-state index in [0.717, 1.165) is 5.56 Å². The molecular weight excluding hydrogens is 464 g/mol. The molecule has 0 unspecified atom stereocenters. The van der Waals surface area contributed by atoms with Crippen molar-refractivity contribution in [3.05, 3.63) is 83.0 Å². The normalized spacial score (nSPS) is 11.5. The first kappa shape index (κ1) is 22.8. The van der Waals surface area contributed by atoms with Gasteiger partial charge < -0.3 is 10.1 Å². The maximum Gasteiger partial charge on any atom is 0.238 e. The molecule has 33 heavy (non-hydrogen) atoms. The molecule has 1 aromatic heterocycles. The van der Waals surface area contributed by atoms with Gasteiger partial charge in [-0.1, -0.05) is 48.0 Å². The fourth-order valence-electron chi connectivity index (χ4n) is 3.59. The molecule has 4 aromatic rings. The summed E-state index contributed by atoms with van der Waals surface area (Å²) in [5.41, 5.74) is 2.30. The third-order valence-corrected chi connectivity index (χ3v) is 6.46. The molecule has 0 atom stereocenters. The van der Waals surface area contributed by atoms with E-state index in [1.807, 2.05) is 24.3 Å². The number of hydrogen-bond acceptors (Lipinski definition) is 5. The van der Waals surface area contributed by atoms with Crippen LogP contribution in [0, 0.1) is 0 Å². The Morgan fingerprint density at radius 1 is 1.12 bits per heavy atom. The monoisotopic (exact) mass is 484 g/mol. The molecule has 0 spiro atoms. The standard InChI is InChI=1S/C23H21ClN4O4S/c1-32-21-9-5-3-7-16(21)14-28-20-11-17(12-22(33(25,30)31)18(20)13-26-28)27-23(29)10-15-6-2-4-8-19(15)24/h2-9,11-13H,10,14H2,1H3,(H,27,29)(H2,25,30,31). The molecule has 3 aromatic carbocycles. The number of ether oxygens (including phenoxy) is 1. The number of methoxy groups -OCH3 is 1. The molecule has 0 fully saturated rings. The van der Waals surface area contributed by atoms with Crippen LogP contribution in [0.5, 0.6) is 5.75 Å². The van der Waals surface area contributed by atoms with Crippen LogP contribution in [0.4, 0.5) is 5.69 Å². The number of fused-ring (bicyclic) bond motifs is 1. The number of sulfonamides is 1. The van der Waals surface area contributed by atoms with E-state index in [0.29, 0.717) is 33.8 Å². The van der Waals surface area contributed by atoms with Crippen LogP contribution in [0.3, 0.4) is 0 Å². The smallest absolute Gasteiger partial charge is 0.238 e. The van der Waals surface area contributed by atoms with Crippen LogP contribution in [-0.4, -0.2) is 31.2 Å². The quantitative estimate of drug-likeness (QED) is 0.416. The minimum Gasteiger partial charge on any atom is -0.496 e. The van der Waals surface area contributed by atoms with Crippen LogP contribution >= 0.6 is 11.6 Å². The Bertz CT molecular complexity index is 1450. The summed E-state index contributed by atoms with van der Waals surface area (Å²) in [6, 6.07) is 17.5. The van der Waals surface area contributed by atoms with Crippen LogP contribution in [0.2, 0.25) is 5.02 Å². The van der Waals surface area contributed by atoms with E-state index < -0.39 is 10.0 Å². The number of benzene rings is 3. The molecule has 0 saturated carbocycles. The van der Waals surface area contributed by atoms with Crippen molar-refractivity contribution in [1.82, 2.24) is 9.78 Å². The summed E-state index contributed by atoms with van der Waals surface area (Å²) >= 11 is 6.14. The van der Waals surface area contributed by atoms with E-state index in [9.17, 15) is 13.2 Å². The second kappa shape index (κ2) is 9.22. The van der Waals surface area contributed by atoms with Gasteiger partial charge in [0.25, 0.3) is 0 Å². The number of carbonyl (C=O) groups is 1. The SMILES string of the molecule is COc1ccccc1Cn1ncc2c(S(N)(=O)=O)cc(NC(=O)Cc3ccccc3Cl)cc21. The molecular formula is C23H21ClN4O4S. The van der Waals surface area contributed by atoms with Gasteiger partial charge in [0.15, 0.2) is 0 Å². The molecule has 0 aliphatic heterocycles. The number of rotatable bonds is 7. The van der Waals surface area contributed by atoms with Crippen molar-refractivity contribution < 1.29 is 17.9 Å². The number of aromatic nitrogens is 2. The van der Waals surface area contributed by atoms with Crippen LogP contribution < -0.4 is 15.2 Å². The lowest BCUT2D eigenvalue weighted by atomic mass is 10.1. The first-order chi connectivity index (χ1) is 15.8. The molecule has 1 heterocycles. The number of nitrogens with zero attached hydrogens (tertiary/aromatic N) is 2. The summed E-state index contributed by atoms with van der Waals surface area (Å²) in [5.74, 6) is 0.329. The zero-order chi connectivity index (χ0) is 23.6. The van der Waals surface area contributed by atoms with E-state index in [1.165, 1.54) is 12.3 Å². The van der Waals surface area contributed by atoms with Crippen molar-refractivity contribution in [2.75, 3.05) is 12.4 Å². The minimum atomic E-state index is -4.08. The van der Waals surface area contributed by atoms with Crippen molar-refractivity contribution in [3.8, 4) is 5.75 Å². The zero-order valence-electron chi connectivity index (χ0n) is 17.7. The lowest BCUT2D eigenvalue weighted by molar-refractivity contribution is -0.115. The number of carbonyl (C=O) groups excluding carboxylic acids is 1. The van der Waals surface area contributed by atoms with E-state index in [2.05, 4.69) is 10.4 Å². The number of halogens is 1. The Hall–Kier alpha value is -3.40. The van der Waals surface area contributed by atoms with Crippen molar-refractivity contribution in [1.29, 1.82) is 0 Å². The Balaban J connectivity index is 1.72. The first-order valence-corrected chi connectivity index (χ1v) is 11.9. The molecule has 0 aliphatic carbocycles. The lowest BCUT2D eigenvalue weighted by Crippen LogP contribution is -2.17. The van der Waals surface area contributed by atoms with Gasteiger partial charge in [-0.25, -0.2) is 13.6 Å². The van der Waals surface area contributed by atoms with Gasteiger partial charge in [0.05, 0.1) is 36.7 Å².